The van der Waals surface area contributed by atoms with E-state index in [0.29, 0.717) is 6.42 Å². The van der Waals surface area contributed by atoms with Crippen molar-refractivity contribution in [2.24, 2.45) is 5.92 Å². The molecule has 0 bridgehead atoms. The molecule has 3 nitrogen and oxygen atoms in total. The molecule has 1 aromatic rings. The Morgan fingerprint density at radius 3 is 2.50 bits per heavy atom. The molecular weight excluding hydrogens is 224 g/mol. The van der Waals surface area contributed by atoms with Gasteiger partial charge >= 0.3 is 0 Å². The van der Waals surface area contributed by atoms with Crippen LogP contribution in [0.5, 0.6) is 0 Å². The monoisotopic (exact) mass is 240 g/mol. The number of hydrogen-bond donors (Lipinski definition) is 2. The highest BCUT2D eigenvalue weighted by atomic mass is 35.5. The molecule has 16 heavy (non-hydrogen) atoms. The van der Waals surface area contributed by atoms with Gasteiger partial charge in [0.25, 0.3) is 0 Å². The molecule has 0 heterocycles. The van der Waals surface area contributed by atoms with E-state index < -0.39 is 0 Å². The Morgan fingerprint density at radius 2 is 1.94 bits per heavy atom. The van der Waals surface area contributed by atoms with Gasteiger partial charge < -0.3 is 11.1 Å². The molecule has 0 spiro atoms. The molecule has 2 rings (SSSR count). The van der Waals surface area contributed by atoms with Crippen molar-refractivity contribution in [1.29, 1.82) is 0 Å². The lowest BCUT2D eigenvalue weighted by Crippen LogP contribution is -2.27. The number of carbonyl (C=O) groups excluding carboxylic acids is 1. The normalized spacial score (nSPS) is 14.0. The van der Waals surface area contributed by atoms with Crippen molar-refractivity contribution in [3.8, 4) is 0 Å². The van der Waals surface area contributed by atoms with Gasteiger partial charge in [-0.25, -0.2) is 0 Å². The van der Waals surface area contributed by atoms with E-state index in [0.717, 1.165) is 23.7 Å². The van der Waals surface area contributed by atoms with Crippen LogP contribution in [-0.4, -0.2) is 12.5 Å². The molecule has 1 aliphatic rings. The van der Waals surface area contributed by atoms with Gasteiger partial charge in [-0.05, 0) is 36.5 Å². The Morgan fingerprint density at radius 1 is 1.31 bits per heavy atom. The number of hydrogen-bond acceptors (Lipinski definition) is 2. The summed E-state index contributed by atoms with van der Waals surface area (Å²) in [6.07, 6.45) is 2.98. The van der Waals surface area contributed by atoms with Crippen molar-refractivity contribution in [3.63, 3.8) is 0 Å². The largest absolute Gasteiger partial charge is 0.399 e. The molecule has 1 amide bonds. The van der Waals surface area contributed by atoms with Crippen molar-refractivity contribution >= 4 is 24.0 Å². The minimum Gasteiger partial charge on any atom is -0.399 e. The van der Waals surface area contributed by atoms with Crippen LogP contribution in [0.25, 0.3) is 0 Å². The molecule has 1 aromatic carbocycles. The summed E-state index contributed by atoms with van der Waals surface area (Å²) in [5.41, 5.74) is 7.31. The topological polar surface area (TPSA) is 55.1 Å². The number of rotatable bonds is 4. The summed E-state index contributed by atoms with van der Waals surface area (Å²) in [4.78, 5) is 11.5. The van der Waals surface area contributed by atoms with Crippen molar-refractivity contribution in [3.05, 3.63) is 29.8 Å². The number of amides is 1. The third-order valence-corrected chi connectivity index (χ3v) is 2.63. The number of carbonyl (C=O) groups is 1. The van der Waals surface area contributed by atoms with Crippen LogP contribution in [0, 0.1) is 5.92 Å². The average molecular weight is 241 g/mol. The van der Waals surface area contributed by atoms with E-state index in [1.54, 1.807) is 0 Å². The number of nitrogens with two attached hydrogens (primary N) is 1. The summed E-state index contributed by atoms with van der Waals surface area (Å²) < 4.78 is 0. The Kier molecular flexibility index (Phi) is 4.62. The van der Waals surface area contributed by atoms with E-state index in [2.05, 4.69) is 5.32 Å². The molecule has 0 radical (unpaired) electrons. The molecule has 1 saturated carbocycles. The molecular formula is C12H17ClN2O. The first-order chi connectivity index (χ1) is 7.24. The van der Waals surface area contributed by atoms with Crippen LogP contribution in [0.3, 0.4) is 0 Å². The first-order valence-electron chi connectivity index (χ1n) is 5.35. The Labute approximate surface area is 102 Å². The van der Waals surface area contributed by atoms with Crippen LogP contribution in [0.1, 0.15) is 18.4 Å². The van der Waals surface area contributed by atoms with Crippen LogP contribution >= 0.6 is 12.4 Å². The van der Waals surface area contributed by atoms with Crippen LogP contribution in [-0.2, 0) is 11.2 Å². The van der Waals surface area contributed by atoms with Gasteiger partial charge in [-0.1, -0.05) is 12.1 Å². The molecule has 0 atom stereocenters. The minimum atomic E-state index is 0. The molecule has 88 valence electrons. The lowest BCUT2D eigenvalue weighted by atomic mass is 10.1. The first kappa shape index (κ1) is 12.8. The Balaban J connectivity index is 0.00000128. The second-order valence-electron chi connectivity index (χ2n) is 4.17. The third kappa shape index (κ3) is 4.11. The van der Waals surface area contributed by atoms with E-state index in [-0.39, 0.29) is 18.3 Å². The molecule has 0 saturated heterocycles. The van der Waals surface area contributed by atoms with Gasteiger partial charge in [0, 0.05) is 12.2 Å². The zero-order chi connectivity index (χ0) is 10.7. The molecule has 1 aliphatic carbocycles. The molecule has 1 fully saturated rings. The number of halogens is 1. The fraction of sp³-hybridized carbons (Fsp3) is 0.417. The minimum absolute atomic E-state index is 0. The lowest BCUT2D eigenvalue weighted by molar-refractivity contribution is -0.120. The summed E-state index contributed by atoms with van der Waals surface area (Å²) in [6, 6.07) is 7.44. The van der Waals surface area contributed by atoms with E-state index in [4.69, 9.17) is 5.73 Å². The molecule has 0 unspecified atom stereocenters. The van der Waals surface area contributed by atoms with Crippen molar-refractivity contribution in [1.82, 2.24) is 5.32 Å². The third-order valence-electron chi connectivity index (χ3n) is 2.63. The predicted octanol–water partition coefficient (Wildman–Crippen LogP) is 1.76. The molecule has 4 heteroatoms. The van der Waals surface area contributed by atoms with Crippen LogP contribution in [0.2, 0.25) is 0 Å². The second-order valence-corrected chi connectivity index (χ2v) is 4.17. The van der Waals surface area contributed by atoms with Crippen molar-refractivity contribution < 1.29 is 4.79 Å². The lowest BCUT2D eigenvalue weighted by Gasteiger charge is -2.04. The number of anilines is 1. The van der Waals surface area contributed by atoms with Crippen LogP contribution in [0.15, 0.2) is 24.3 Å². The summed E-state index contributed by atoms with van der Waals surface area (Å²) in [7, 11) is 0. The van der Waals surface area contributed by atoms with Crippen molar-refractivity contribution in [2.45, 2.75) is 19.3 Å². The highest BCUT2D eigenvalue weighted by molar-refractivity contribution is 5.85. The maximum Gasteiger partial charge on any atom is 0.224 e. The predicted molar refractivity (Wildman–Crippen MR) is 67.5 cm³/mol. The van der Waals surface area contributed by atoms with Gasteiger partial charge in [0.2, 0.25) is 5.91 Å². The van der Waals surface area contributed by atoms with E-state index >= 15 is 0 Å². The smallest absolute Gasteiger partial charge is 0.224 e. The van der Waals surface area contributed by atoms with Crippen LogP contribution in [0.4, 0.5) is 5.69 Å². The van der Waals surface area contributed by atoms with Gasteiger partial charge in [-0.2, -0.15) is 0 Å². The van der Waals surface area contributed by atoms with Crippen LogP contribution < -0.4 is 11.1 Å². The maximum atomic E-state index is 11.5. The van der Waals surface area contributed by atoms with Gasteiger partial charge in [0.15, 0.2) is 0 Å². The van der Waals surface area contributed by atoms with E-state index in [1.165, 1.54) is 12.8 Å². The Hall–Kier alpha value is -1.22. The van der Waals surface area contributed by atoms with E-state index in [9.17, 15) is 4.79 Å². The Bertz CT molecular complexity index is 347. The summed E-state index contributed by atoms with van der Waals surface area (Å²) in [5, 5.41) is 2.94. The number of benzene rings is 1. The SMILES string of the molecule is Cl.Nc1ccc(CC(=O)NCC2CC2)cc1. The highest BCUT2D eigenvalue weighted by Gasteiger charge is 2.21. The fourth-order valence-corrected chi connectivity index (χ4v) is 1.46. The fourth-order valence-electron chi connectivity index (χ4n) is 1.46. The van der Waals surface area contributed by atoms with Gasteiger partial charge in [0.05, 0.1) is 6.42 Å². The second kappa shape index (κ2) is 5.75. The maximum absolute atomic E-state index is 11.5. The molecule has 3 N–H and O–H groups in total. The van der Waals surface area contributed by atoms with Gasteiger partial charge in [0.1, 0.15) is 0 Å². The van der Waals surface area contributed by atoms with Gasteiger partial charge in [-0.15, -0.1) is 12.4 Å². The average Bonchev–Trinajstić information content (AvgIpc) is 3.02. The number of nitrogen functional groups attached to an aromatic ring is 1. The quantitative estimate of drug-likeness (QED) is 0.788. The standard InChI is InChI=1S/C12H16N2O.ClH/c13-11-5-3-9(4-6-11)7-12(15)14-8-10-1-2-10;/h3-6,10H,1-2,7-8,13H2,(H,14,15);1H. The zero-order valence-electron chi connectivity index (χ0n) is 9.11. The van der Waals surface area contributed by atoms with Crippen molar-refractivity contribution in [2.75, 3.05) is 12.3 Å². The number of nitrogens with one attached hydrogen (secondary N) is 1. The van der Waals surface area contributed by atoms with Gasteiger partial charge in [-0.3, -0.25) is 4.79 Å². The van der Waals surface area contributed by atoms with E-state index in [1.807, 2.05) is 24.3 Å². The first-order valence-corrected chi connectivity index (χ1v) is 5.35. The highest BCUT2D eigenvalue weighted by Crippen LogP contribution is 2.27. The summed E-state index contributed by atoms with van der Waals surface area (Å²) in [5.74, 6) is 0.840. The zero-order valence-corrected chi connectivity index (χ0v) is 9.93. The summed E-state index contributed by atoms with van der Waals surface area (Å²) >= 11 is 0. The molecule has 0 aromatic heterocycles. The summed E-state index contributed by atoms with van der Waals surface area (Å²) in [6.45, 7) is 0.841. The molecule has 0 aliphatic heterocycles.